The van der Waals surface area contributed by atoms with Gasteiger partial charge in [0.1, 0.15) is 5.75 Å². The fraction of sp³-hybridized carbons (Fsp3) is 0.286. The fourth-order valence-electron chi connectivity index (χ4n) is 1.88. The molecule has 0 aliphatic heterocycles. The summed E-state index contributed by atoms with van der Waals surface area (Å²) in [6.45, 7) is 2.08. The summed E-state index contributed by atoms with van der Waals surface area (Å²) in [6.07, 6.45) is 4.62. The predicted octanol–water partition coefficient (Wildman–Crippen LogP) is 3.12. The molecule has 0 bridgehead atoms. The molecule has 2 aromatic rings. The molecule has 1 atom stereocenters. The Balaban J connectivity index is 2.14. The minimum Gasteiger partial charge on any atom is -0.505 e. The van der Waals surface area contributed by atoms with Gasteiger partial charge in [-0.05, 0) is 23.9 Å². The number of carbonyl (C=O) groups is 1. The van der Waals surface area contributed by atoms with E-state index in [1.54, 1.807) is 11.3 Å². The molecule has 100 valence electrons. The maximum Gasteiger partial charge on any atom is 0.255 e. The number of nitrogens with zero attached hydrogens (tertiary/aromatic N) is 1. The first-order valence-corrected chi connectivity index (χ1v) is 7.07. The maximum absolute atomic E-state index is 12.2. The van der Waals surface area contributed by atoms with Crippen LogP contribution in [0, 0.1) is 0 Å². The van der Waals surface area contributed by atoms with Crippen molar-refractivity contribution in [2.45, 2.75) is 25.8 Å². The van der Waals surface area contributed by atoms with Crippen molar-refractivity contribution in [3.8, 4) is 5.75 Å². The quantitative estimate of drug-likeness (QED) is 0.882. The molecule has 1 amide bonds. The van der Waals surface area contributed by atoms with Crippen molar-refractivity contribution in [3.05, 3.63) is 46.4 Å². The third-order valence-electron chi connectivity index (χ3n) is 2.81. The number of amides is 1. The Morgan fingerprint density at radius 2 is 2.37 bits per heavy atom. The number of carbonyl (C=O) groups excluding carboxylic acids is 1. The van der Waals surface area contributed by atoms with Gasteiger partial charge in [0, 0.05) is 11.1 Å². The van der Waals surface area contributed by atoms with Gasteiger partial charge in [0.2, 0.25) is 0 Å². The summed E-state index contributed by atoms with van der Waals surface area (Å²) < 4.78 is 0. The number of aromatic nitrogens is 1. The van der Waals surface area contributed by atoms with Crippen molar-refractivity contribution < 1.29 is 9.90 Å². The van der Waals surface area contributed by atoms with Crippen LogP contribution in [-0.4, -0.2) is 16.0 Å². The first-order chi connectivity index (χ1) is 9.22. The second-order valence-corrected chi connectivity index (χ2v) is 5.20. The van der Waals surface area contributed by atoms with Crippen LogP contribution in [0.25, 0.3) is 0 Å². The van der Waals surface area contributed by atoms with Gasteiger partial charge in [0.25, 0.3) is 5.91 Å². The molecule has 2 aromatic heterocycles. The van der Waals surface area contributed by atoms with Crippen LogP contribution in [0.1, 0.15) is 41.0 Å². The Morgan fingerprint density at radius 3 is 3.00 bits per heavy atom. The van der Waals surface area contributed by atoms with E-state index in [1.807, 2.05) is 17.5 Å². The molecular weight excluding hydrogens is 260 g/mol. The van der Waals surface area contributed by atoms with Crippen LogP contribution in [-0.2, 0) is 0 Å². The van der Waals surface area contributed by atoms with E-state index in [0.29, 0.717) is 0 Å². The van der Waals surface area contributed by atoms with E-state index in [0.717, 1.165) is 17.7 Å². The van der Waals surface area contributed by atoms with E-state index in [1.165, 1.54) is 18.5 Å². The Kier molecular flexibility index (Phi) is 4.52. The lowest BCUT2D eigenvalue weighted by molar-refractivity contribution is 0.0932. The van der Waals surface area contributed by atoms with Gasteiger partial charge in [-0.25, -0.2) is 0 Å². The highest BCUT2D eigenvalue weighted by Gasteiger charge is 2.17. The van der Waals surface area contributed by atoms with E-state index < -0.39 is 0 Å². The fourth-order valence-corrected chi connectivity index (χ4v) is 2.69. The topological polar surface area (TPSA) is 62.2 Å². The smallest absolute Gasteiger partial charge is 0.255 e. The lowest BCUT2D eigenvalue weighted by atomic mass is 10.1. The van der Waals surface area contributed by atoms with Gasteiger partial charge >= 0.3 is 0 Å². The van der Waals surface area contributed by atoms with E-state index in [2.05, 4.69) is 17.2 Å². The van der Waals surface area contributed by atoms with Crippen molar-refractivity contribution in [2.75, 3.05) is 0 Å². The molecule has 1 unspecified atom stereocenters. The summed E-state index contributed by atoms with van der Waals surface area (Å²) in [4.78, 5) is 17.0. The van der Waals surface area contributed by atoms with Crippen LogP contribution < -0.4 is 5.32 Å². The van der Waals surface area contributed by atoms with Crippen molar-refractivity contribution in [2.24, 2.45) is 0 Å². The molecule has 0 aliphatic carbocycles. The SMILES string of the molecule is CCCC(NC(=O)c1ccncc1O)c1cccs1. The largest absolute Gasteiger partial charge is 0.505 e. The first kappa shape index (κ1) is 13.5. The van der Waals surface area contributed by atoms with Crippen LogP contribution in [0.4, 0.5) is 0 Å². The van der Waals surface area contributed by atoms with Gasteiger partial charge in [-0.1, -0.05) is 19.4 Å². The zero-order chi connectivity index (χ0) is 13.7. The molecular formula is C14H16N2O2S. The molecule has 0 saturated carbocycles. The highest BCUT2D eigenvalue weighted by molar-refractivity contribution is 7.10. The summed E-state index contributed by atoms with van der Waals surface area (Å²) in [5.41, 5.74) is 0.257. The number of thiophene rings is 1. The van der Waals surface area contributed by atoms with Gasteiger partial charge in [0.15, 0.2) is 0 Å². The number of hydrogen-bond donors (Lipinski definition) is 2. The lowest BCUT2D eigenvalue weighted by Gasteiger charge is -2.17. The van der Waals surface area contributed by atoms with E-state index in [9.17, 15) is 9.90 Å². The molecule has 4 nitrogen and oxygen atoms in total. The Labute approximate surface area is 116 Å². The van der Waals surface area contributed by atoms with Gasteiger partial charge < -0.3 is 10.4 Å². The molecule has 0 spiro atoms. The molecule has 0 saturated heterocycles. The van der Waals surface area contributed by atoms with Gasteiger partial charge in [0.05, 0.1) is 17.8 Å². The molecule has 2 heterocycles. The van der Waals surface area contributed by atoms with E-state index >= 15 is 0 Å². The van der Waals surface area contributed by atoms with Crippen molar-refractivity contribution in [1.29, 1.82) is 0 Å². The lowest BCUT2D eigenvalue weighted by Crippen LogP contribution is -2.28. The third kappa shape index (κ3) is 3.32. The molecule has 19 heavy (non-hydrogen) atoms. The van der Waals surface area contributed by atoms with Crippen molar-refractivity contribution >= 4 is 17.2 Å². The van der Waals surface area contributed by atoms with E-state index in [4.69, 9.17) is 0 Å². The van der Waals surface area contributed by atoms with Crippen molar-refractivity contribution in [1.82, 2.24) is 10.3 Å². The average Bonchev–Trinajstić information content (AvgIpc) is 2.92. The van der Waals surface area contributed by atoms with Crippen molar-refractivity contribution in [3.63, 3.8) is 0 Å². The van der Waals surface area contributed by atoms with Crippen LogP contribution in [0.3, 0.4) is 0 Å². The monoisotopic (exact) mass is 276 g/mol. The number of pyridine rings is 1. The third-order valence-corrected chi connectivity index (χ3v) is 3.80. The normalized spacial score (nSPS) is 12.1. The molecule has 2 rings (SSSR count). The Morgan fingerprint density at radius 1 is 1.53 bits per heavy atom. The standard InChI is InChI=1S/C14H16N2O2S/c1-2-4-11(13-5-3-8-19-13)16-14(18)10-6-7-15-9-12(10)17/h3,5-9,11,17H,2,4H2,1H3,(H,16,18). The first-order valence-electron chi connectivity index (χ1n) is 6.19. The number of rotatable bonds is 5. The zero-order valence-electron chi connectivity index (χ0n) is 10.7. The molecule has 0 aromatic carbocycles. The molecule has 5 heteroatoms. The average molecular weight is 276 g/mol. The summed E-state index contributed by atoms with van der Waals surface area (Å²) in [7, 11) is 0. The van der Waals surface area contributed by atoms with Crippen LogP contribution >= 0.6 is 11.3 Å². The van der Waals surface area contributed by atoms with Crippen LogP contribution in [0.5, 0.6) is 5.75 Å². The summed E-state index contributed by atoms with van der Waals surface area (Å²) in [5, 5.41) is 14.6. The predicted molar refractivity (Wildman–Crippen MR) is 75.3 cm³/mol. The summed E-state index contributed by atoms with van der Waals surface area (Å²) in [5.74, 6) is -0.367. The molecule has 0 fully saturated rings. The highest BCUT2D eigenvalue weighted by atomic mass is 32.1. The minimum atomic E-state index is -0.272. The molecule has 2 N–H and O–H groups in total. The van der Waals surface area contributed by atoms with Gasteiger partial charge in [-0.2, -0.15) is 0 Å². The maximum atomic E-state index is 12.2. The van der Waals surface area contributed by atoms with Gasteiger partial charge in [-0.3, -0.25) is 9.78 Å². The zero-order valence-corrected chi connectivity index (χ0v) is 11.5. The highest BCUT2D eigenvalue weighted by Crippen LogP contribution is 2.24. The Hall–Kier alpha value is -1.88. The number of aromatic hydroxyl groups is 1. The second kappa shape index (κ2) is 6.33. The van der Waals surface area contributed by atoms with Crippen LogP contribution in [0.2, 0.25) is 0 Å². The van der Waals surface area contributed by atoms with E-state index in [-0.39, 0.29) is 23.3 Å². The minimum absolute atomic E-state index is 0.00920. The molecule has 0 radical (unpaired) electrons. The second-order valence-electron chi connectivity index (χ2n) is 4.22. The summed E-state index contributed by atoms with van der Waals surface area (Å²) in [6, 6.07) is 5.49. The number of nitrogens with one attached hydrogen (secondary N) is 1. The number of hydrogen-bond acceptors (Lipinski definition) is 4. The Bertz CT molecular complexity index is 540. The van der Waals surface area contributed by atoms with Crippen LogP contribution in [0.15, 0.2) is 36.0 Å². The summed E-state index contributed by atoms with van der Waals surface area (Å²) >= 11 is 1.62. The molecule has 0 aliphatic rings. The van der Waals surface area contributed by atoms with Gasteiger partial charge in [-0.15, -0.1) is 11.3 Å².